The number of ether oxygens (including phenoxy) is 1. The summed E-state index contributed by atoms with van der Waals surface area (Å²) in [5.41, 5.74) is 0.838. The molecule has 1 aromatic rings. The van der Waals surface area contributed by atoms with Gasteiger partial charge >= 0.3 is 0 Å². The van der Waals surface area contributed by atoms with E-state index in [0.29, 0.717) is 30.0 Å². The number of nitrogens with zero attached hydrogens (tertiary/aromatic N) is 1. The van der Waals surface area contributed by atoms with Crippen LogP contribution in [0.25, 0.3) is 0 Å². The second kappa shape index (κ2) is 6.56. The Kier molecular flexibility index (Phi) is 5.23. The normalized spacial score (nSPS) is 20.9. The van der Waals surface area contributed by atoms with Crippen molar-refractivity contribution in [2.45, 2.75) is 22.9 Å². The summed E-state index contributed by atoms with van der Waals surface area (Å²) in [6.07, 6.45) is 0. The third kappa shape index (κ3) is 3.24. The van der Waals surface area contributed by atoms with Crippen molar-refractivity contribution < 1.29 is 13.2 Å². The first-order chi connectivity index (χ1) is 9.48. The molecule has 1 heterocycles. The van der Waals surface area contributed by atoms with E-state index in [1.807, 2.05) is 6.92 Å². The van der Waals surface area contributed by atoms with Crippen LogP contribution < -0.4 is 4.74 Å². The number of rotatable bonds is 4. The molecule has 20 heavy (non-hydrogen) atoms. The van der Waals surface area contributed by atoms with E-state index in [2.05, 4.69) is 0 Å². The first-order valence-corrected chi connectivity index (χ1v) is 9.36. The van der Waals surface area contributed by atoms with Gasteiger partial charge in [-0.1, -0.05) is 13.0 Å². The first-order valence-electron chi connectivity index (χ1n) is 6.33. The van der Waals surface area contributed by atoms with Crippen molar-refractivity contribution in [3.05, 3.63) is 23.8 Å². The summed E-state index contributed by atoms with van der Waals surface area (Å²) < 4.78 is 32.2. The predicted molar refractivity (Wildman–Crippen MR) is 83.2 cm³/mol. The molecule has 0 amide bonds. The molecule has 1 fully saturated rings. The Labute approximate surface area is 129 Å². The van der Waals surface area contributed by atoms with Gasteiger partial charge in [-0.15, -0.1) is 11.6 Å². The van der Waals surface area contributed by atoms with Crippen LogP contribution in [0.15, 0.2) is 23.1 Å². The van der Waals surface area contributed by atoms with E-state index in [1.54, 1.807) is 30.0 Å². The minimum Gasteiger partial charge on any atom is -0.495 e. The van der Waals surface area contributed by atoms with E-state index >= 15 is 0 Å². The maximum absolute atomic E-state index is 12.7. The van der Waals surface area contributed by atoms with Crippen molar-refractivity contribution in [2.75, 3.05) is 26.0 Å². The fourth-order valence-corrected chi connectivity index (χ4v) is 5.21. The molecule has 1 saturated heterocycles. The highest BCUT2D eigenvalue weighted by molar-refractivity contribution is 8.00. The van der Waals surface area contributed by atoms with Gasteiger partial charge in [0.1, 0.15) is 10.6 Å². The van der Waals surface area contributed by atoms with Crippen LogP contribution in [0.4, 0.5) is 0 Å². The van der Waals surface area contributed by atoms with Crippen LogP contribution in [0.1, 0.15) is 12.5 Å². The van der Waals surface area contributed by atoms with Crippen molar-refractivity contribution >= 4 is 33.4 Å². The summed E-state index contributed by atoms with van der Waals surface area (Å²) in [4.78, 5) is 0.216. The molecule has 0 bridgehead atoms. The average molecular weight is 336 g/mol. The smallest absolute Gasteiger partial charge is 0.246 e. The van der Waals surface area contributed by atoms with Gasteiger partial charge in [-0.25, -0.2) is 8.42 Å². The highest BCUT2D eigenvalue weighted by Gasteiger charge is 2.31. The Morgan fingerprint density at radius 1 is 1.50 bits per heavy atom. The highest BCUT2D eigenvalue weighted by atomic mass is 35.5. The van der Waals surface area contributed by atoms with Crippen molar-refractivity contribution in [1.29, 1.82) is 0 Å². The molecule has 1 aliphatic rings. The van der Waals surface area contributed by atoms with Crippen LogP contribution in [-0.4, -0.2) is 43.9 Å². The number of thioether (sulfide) groups is 1. The van der Waals surface area contributed by atoms with Crippen LogP contribution in [0.5, 0.6) is 5.75 Å². The zero-order chi connectivity index (χ0) is 14.8. The molecule has 1 aliphatic heterocycles. The van der Waals surface area contributed by atoms with Gasteiger partial charge < -0.3 is 4.74 Å². The van der Waals surface area contributed by atoms with Gasteiger partial charge in [-0.3, -0.25) is 0 Å². The minimum atomic E-state index is -3.51. The van der Waals surface area contributed by atoms with E-state index in [9.17, 15) is 8.42 Å². The third-order valence-corrected chi connectivity index (χ3v) is 6.55. The van der Waals surface area contributed by atoms with Gasteiger partial charge in [-0.05, 0) is 17.7 Å². The number of benzene rings is 1. The van der Waals surface area contributed by atoms with Gasteiger partial charge in [0.15, 0.2) is 0 Å². The standard InChI is InChI=1S/C13H18ClNO3S2/c1-10-9-15(5-6-19-10)20(16,17)13-4-3-11(8-14)7-12(13)18-2/h3-4,7,10H,5-6,8-9H2,1-2H3. The van der Waals surface area contributed by atoms with Gasteiger partial charge in [0.25, 0.3) is 0 Å². The monoisotopic (exact) mass is 335 g/mol. The Morgan fingerprint density at radius 3 is 2.85 bits per heavy atom. The SMILES string of the molecule is COc1cc(CCl)ccc1S(=O)(=O)N1CCSC(C)C1. The minimum absolute atomic E-state index is 0.216. The molecule has 0 aliphatic carbocycles. The largest absolute Gasteiger partial charge is 0.495 e. The summed E-state index contributed by atoms with van der Waals surface area (Å²) in [7, 11) is -2.04. The van der Waals surface area contributed by atoms with Gasteiger partial charge in [0.05, 0.1) is 7.11 Å². The maximum Gasteiger partial charge on any atom is 0.246 e. The molecule has 7 heteroatoms. The lowest BCUT2D eigenvalue weighted by atomic mass is 10.2. The summed E-state index contributed by atoms with van der Waals surface area (Å²) in [5, 5.41) is 0.312. The molecule has 1 aromatic carbocycles. The Bertz CT molecular complexity index is 577. The van der Waals surface area contributed by atoms with Crippen LogP contribution in [0.2, 0.25) is 0 Å². The van der Waals surface area contributed by atoms with Crippen LogP contribution in [-0.2, 0) is 15.9 Å². The number of methoxy groups -OCH3 is 1. The van der Waals surface area contributed by atoms with E-state index in [0.717, 1.165) is 11.3 Å². The zero-order valence-corrected chi connectivity index (χ0v) is 13.9. The lowest BCUT2D eigenvalue weighted by molar-refractivity contribution is 0.391. The fraction of sp³-hybridized carbons (Fsp3) is 0.538. The van der Waals surface area contributed by atoms with Gasteiger partial charge in [-0.2, -0.15) is 16.1 Å². The third-order valence-electron chi connectivity index (χ3n) is 3.20. The predicted octanol–water partition coefficient (Wildman–Crippen LogP) is 2.56. The van der Waals surface area contributed by atoms with Gasteiger partial charge in [0.2, 0.25) is 10.0 Å². The second-order valence-corrected chi connectivity index (χ2v) is 8.38. The van der Waals surface area contributed by atoms with Crippen LogP contribution in [0, 0.1) is 0 Å². The fourth-order valence-electron chi connectivity index (χ4n) is 2.15. The summed E-state index contributed by atoms with van der Waals surface area (Å²) in [6, 6.07) is 4.99. The molecule has 0 aromatic heterocycles. The molecule has 2 rings (SSSR count). The Hall–Kier alpha value is -0.430. The molecule has 4 nitrogen and oxygen atoms in total. The number of hydrogen-bond donors (Lipinski definition) is 0. The molecule has 1 atom stereocenters. The molecule has 0 saturated carbocycles. The molecule has 0 radical (unpaired) electrons. The molecule has 0 N–H and O–H groups in total. The average Bonchev–Trinajstić information content (AvgIpc) is 2.46. The van der Waals surface area contributed by atoms with E-state index in [4.69, 9.17) is 16.3 Å². The van der Waals surface area contributed by atoms with Crippen molar-refractivity contribution in [1.82, 2.24) is 4.31 Å². The van der Waals surface area contributed by atoms with Crippen LogP contribution in [0.3, 0.4) is 0 Å². The molecule has 1 unspecified atom stereocenters. The maximum atomic E-state index is 12.7. The van der Waals surface area contributed by atoms with E-state index in [-0.39, 0.29) is 4.90 Å². The number of halogens is 1. The zero-order valence-electron chi connectivity index (χ0n) is 11.5. The van der Waals surface area contributed by atoms with Crippen molar-refractivity contribution in [2.24, 2.45) is 0 Å². The molecule has 0 spiro atoms. The van der Waals surface area contributed by atoms with Crippen molar-refractivity contribution in [3.63, 3.8) is 0 Å². The Morgan fingerprint density at radius 2 is 2.25 bits per heavy atom. The number of alkyl halides is 1. The van der Waals surface area contributed by atoms with E-state index in [1.165, 1.54) is 11.4 Å². The molecule has 112 valence electrons. The first kappa shape index (κ1) is 15.9. The Balaban J connectivity index is 2.38. The lowest BCUT2D eigenvalue weighted by Crippen LogP contribution is -2.41. The summed E-state index contributed by atoms with van der Waals surface area (Å²) in [5.74, 6) is 1.50. The molecular formula is C13H18ClNO3S2. The highest BCUT2D eigenvalue weighted by Crippen LogP contribution is 2.30. The molecular weight excluding hydrogens is 318 g/mol. The summed E-state index contributed by atoms with van der Waals surface area (Å²) in [6.45, 7) is 3.12. The number of sulfonamides is 1. The quantitative estimate of drug-likeness (QED) is 0.793. The van der Waals surface area contributed by atoms with E-state index < -0.39 is 10.0 Å². The van der Waals surface area contributed by atoms with Crippen LogP contribution >= 0.6 is 23.4 Å². The lowest BCUT2D eigenvalue weighted by Gasteiger charge is -2.30. The second-order valence-electron chi connectivity index (χ2n) is 4.66. The number of hydrogen-bond acceptors (Lipinski definition) is 4. The topological polar surface area (TPSA) is 46.6 Å². The van der Waals surface area contributed by atoms with Crippen molar-refractivity contribution in [3.8, 4) is 5.75 Å². The summed E-state index contributed by atoms with van der Waals surface area (Å²) >= 11 is 7.57. The van der Waals surface area contributed by atoms with Gasteiger partial charge in [0, 0.05) is 30.0 Å².